The van der Waals surface area contributed by atoms with Gasteiger partial charge in [0.15, 0.2) is 0 Å². The zero-order chi connectivity index (χ0) is 31.7. The highest BCUT2D eigenvalue weighted by molar-refractivity contribution is 7.92. The van der Waals surface area contributed by atoms with Gasteiger partial charge in [0.05, 0.1) is 17.7 Å². The molecule has 0 unspecified atom stereocenters. The van der Waals surface area contributed by atoms with Crippen molar-refractivity contribution in [2.45, 2.75) is 43.8 Å². The van der Waals surface area contributed by atoms with Gasteiger partial charge in [0, 0.05) is 19.0 Å². The Morgan fingerprint density at radius 2 is 1.45 bits per heavy atom. The lowest BCUT2D eigenvalue weighted by molar-refractivity contribution is -0.140. The SMILES string of the molecule is COc1cccc(CN(C(=O)CN(c2ccc(F)cc2)S(=O)(=O)c2ccccc2)[C@@H](Cc2ccccc2)C(=O)NC(C)C)c1. The van der Waals surface area contributed by atoms with Gasteiger partial charge in [-0.2, -0.15) is 0 Å². The van der Waals surface area contributed by atoms with E-state index < -0.39 is 34.3 Å². The predicted molar refractivity (Wildman–Crippen MR) is 168 cm³/mol. The number of anilines is 1. The first kappa shape index (κ1) is 32.2. The normalized spacial score (nSPS) is 11.9. The van der Waals surface area contributed by atoms with E-state index in [1.54, 1.807) is 42.5 Å². The van der Waals surface area contributed by atoms with E-state index in [1.165, 1.54) is 36.3 Å². The Labute approximate surface area is 258 Å². The highest BCUT2D eigenvalue weighted by Crippen LogP contribution is 2.26. The molecule has 0 heterocycles. The van der Waals surface area contributed by atoms with Crippen molar-refractivity contribution in [1.82, 2.24) is 10.2 Å². The van der Waals surface area contributed by atoms with Crippen LogP contribution in [0.2, 0.25) is 0 Å². The van der Waals surface area contributed by atoms with Crippen LogP contribution in [0.3, 0.4) is 0 Å². The Kier molecular flexibility index (Phi) is 10.7. The fraction of sp³-hybridized carbons (Fsp3) is 0.235. The maximum atomic E-state index is 14.4. The van der Waals surface area contributed by atoms with Crippen LogP contribution < -0.4 is 14.4 Å². The maximum Gasteiger partial charge on any atom is 0.264 e. The number of carbonyl (C=O) groups is 2. The van der Waals surface area contributed by atoms with E-state index in [0.29, 0.717) is 11.3 Å². The quantitative estimate of drug-likeness (QED) is 0.223. The number of methoxy groups -OCH3 is 1. The molecule has 2 amide bonds. The van der Waals surface area contributed by atoms with Crippen molar-refractivity contribution in [3.63, 3.8) is 0 Å². The molecular formula is C34H36FN3O5S. The predicted octanol–water partition coefficient (Wildman–Crippen LogP) is 5.19. The van der Waals surface area contributed by atoms with Gasteiger partial charge in [-0.05, 0) is 73.5 Å². The summed E-state index contributed by atoms with van der Waals surface area (Å²) >= 11 is 0. The third kappa shape index (κ3) is 8.23. The molecule has 0 aliphatic rings. The minimum atomic E-state index is -4.26. The summed E-state index contributed by atoms with van der Waals surface area (Å²) < 4.78 is 48.0. The first-order valence-corrected chi connectivity index (χ1v) is 15.6. The van der Waals surface area contributed by atoms with E-state index in [2.05, 4.69) is 5.32 Å². The van der Waals surface area contributed by atoms with Crippen molar-refractivity contribution < 1.29 is 27.1 Å². The van der Waals surface area contributed by atoms with Crippen LogP contribution in [0.1, 0.15) is 25.0 Å². The molecule has 10 heteroatoms. The number of ether oxygens (including phenoxy) is 1. The number of hydrogen-bond donors (Lipinski definition) is 1. The molecule has 1 N–H and O–H groups in total. The Bertz CT molecular complexity index is 1650. The molecule has 230 valence electrons. The number of amides is 2. The van der Waals surface area contributed by atoms with Crippen LogP contribution in [0, 0.1) is 5.82 Å². The topological polar surface area (TPSA) is 96.0 Å². The molecule has 4 aromatic rings. The molecule has 4 rings (SSSR count). The van der Waals surface area contributed by atoms with Crippen LogP contribution in [0.25, 0.3) is 0 Å². The Balaban J connectivity index is 1.80. The van der Waals surface area contributed by atoms with Crippen molar-refractivity contribution in [3.8, 4) is 5.75 Å². The first-order valence-electron chi connectivity index (χ1n) is 14.2. The van der Waals surface area contributed by atoms with E-state index in [4.69, 9.17) is 4.74 Å². The molecule has 44 heavy (non-hydrogen) atoms. The number of hydrogen-bond acceptors (Lipinski definition) is 5. The number of benzene rings is 4. The number of nitrogens with one attached hydrogen (secondary N) is 1. The van der Waals surface area contributed by atoms with Gasteiger partial charge in [-0.15, -0.1) is 0 Å². The average Bonchev–Trinajstić information content (AvgIpc) is 3.02. The van der Waals surface area contributed by atoms with Crippen molar-refractivity contribution in [2.75, 3.05) is 18.0 Å². The number of halogens is 1. The van der Waals surface area contributed by atoms with Gasteiger partial charge in [0.1, 0.15) is 24.2 Å². The molecule has 0 saturated heterocycles. The molecule has 1 atom stereocenters. The summed E-state index contributed by atoms with van der Waals surface area (Å²) in [6.07, 6.45) is 0.192. The fourth-order valence-electron chi connectivity index (χ4n) is 4.76. The summed E-state index contributed by atoms with van der Waals surface area (Å²) in [4.78, 5) is 29.5. The van der Waals surface area contributed by atoms with Crippen LogP contribution in [0.15, 0.2) is 114 Å². The molecule has 0 radical (unpaired) electrons. The van der Waals surface area contributed by atoms with Crippen LogP contribution in [-0.2, 0) is 32.6 Å². The van der Waals surface area contributed by atoms with Crippen molar-refractivity contribution >= 4 is 27.5 Å². The van der Waals surface area contributed by atoms with Gasteiger partial charge in [0.2, 0.25) is 11.8 Å². The summed E-state index contributed by atoms with van der Waals surface area (Å²) in [6.45, 7) is 3.03. The van der Waals surface area contributed by atoms with Gasteiger partial charge in [-0.1, -0.05) is 60.7 Å². The minimum Gasteiger partial charge on any atom is -0.497 e. The first-order chi connectivity index (χ1) is 21.1. The average molecular weight is 618 g/mol. The molecule has 0 aliphatic carbocycles. The molecular weight excluding hydrogens is 581 g/mol. The van der Waals surface area contributed by atoms with E-state index in [-0.39, 0.29) is 35.5 Å². The van der Waals surface area contributed by atoms with E-state index >= 15 is 0 Å². The molecule has 4 aromatic carbocycles. The Hall–Kier alpha value is -4.70. The molecule has 0 bridgehead atoms. The minimum absolute atomic E-state index is 0.00168. The monoisotopic (exact) mass is 617 g/mol. The fourth-order valence-corrected chi connectivity index (χ4v) is 6.19. The molecule has 0 fully saturated rings. The third-order valence-electron chi connectivity index (χ3n) is 6.91. The van der Waals surface area contributed by atoms with Gasteiger partial charge >= 0.3 is 0 Å². The van der Waals surface area contributed by atoms with Gasteiger partial charge in [-0.25, -0.2) is 12.8 Å². The molecule has 8 nitrogen and oxygen atoms in total. The van der Waals surface area contributed by atoms with Crippen LogP contribution in [0.4, 0.5) is 10.1 Å². The lowest BCUT2D eigenvalue weighted by atomic mass is 10.0. The summed E-state index contributed by atoms with van der Waals surface area (Å²) in [5.74, 6) is -0.971. The second kappa shape index (κ2) is 14.7. The number of carbonyl (C=O) groups excluding carboxylic acids is 2. The summed E-state index contributed by atoms with van der Waals surface area (Å²) in [7, 11) is -2.73. The Morgan fingerprint density at radius 3 is 2.07 bits per heavy atom. The van der Waals surface area contributed by atoms with E-state index in [9.17, 15) is 22.4 Å². The largest absolute Gasteiger partial charge is 0.497 e. The zero-order valence-electron chi connectivity index (χ0n) is 24.9. The number of rotatable bonds is 13. The molecule has 0 spiro atoms. The van der Waals surface area contributed by atoms with E-state index in [1.807, 2.05) is 44.2 Å². The number of nitrogens with zero attached hydrogens (tertiary/aromatic N) is 2. The molecule has 0 aliphatic heterocycles. The maximum absolute atomic E-state index is 14.4. The molecule has 0 saturated carbocycles. The van der Waals surface area contributed by atoms with Crippen LogP contribution in [-0.4, -0.2) is 50.9 Å². The van der Waals surface area contributed by atoms with Crippen molar-refractivity contribution in [3.05, 3.63) is 126 Å². The van der Waals surface area contributed by atoms with Crippen molar-refractivity contribution in [2.24, 2.45) is 0 Å². The van der Waals surface area contributed by atoms with Gasteiger partial charge in [-0.3, -0.25) is 13.9 Å². The smallest absolute Gasteiger partial charge is 0.264 e. The second-order valence-electron chi connectivity index (χ2n) is 10.5. The summed E-state index contributed by atoms with van der Waals surface area (Å²) in [6, 6.07) is 27.8. The van der Waals surface area contributed by atoms with E-state index in [0.717, 1.165) is 22.0 Å². The number of sulfonamides is 1. The Morgan fingerprint density at radius 1 is 0.841 bits per heavy atom. The standard InChI is InChI=1S/C34H36FN3O5S/c1-25(2)36-34(40)32(22-26-11-6-4-7-12-26)37(23-27-13-10-14-30(21-27)43-3)33(39)24-38(29-19-17-28(35)18-20-29)44(41,42)31-15-8-5-9-16-31/h4-21,25,32H,22-24H2,1-3H3,(H,36,40)/t32-/m0/s1. The second-order valence-corrected chi connectivity index (χ2v) is 12.4. The van der Waals surface area contributed by atoms with Gasteiger partial charge < -0.3 is 15.0 Å². The summed E-state index contributed by atoms with van der Waals surface area (Å²) in [5, 5.41) is 2.92. The summed E-state index contributed by atoms with van der Waals surface area (Å²) in [5.41, 5.74) is 1.62. The lowest BCUT2D eigenvalue weighted by Crippen LogP contribution is -2.54. The highest BCUT2D eigenvalue weighted by atomic mass is 32.2. The lowest BCUT2D eigenvalue weighted by Gasteiger charge is -2.34. The highest BCUT2D eigenvalue weighted by Gasteiger charge is 2.34. The third-order valence-corrected chi connectivity index (χ3v) is 8.70. The zero-order valence-corrected chi connectivity index (χ0v) is 25.7. The van der Waals surface area contributed by atoms with Gasteiger partial charge in [0.25, 0.3) is 10.0 Å². The van der Waals surface area contributed by atoms with Crippen molar-refractivity contribution in [1.29, 1.82) is 0 Å². The van der Waals surface area contributed by atoms with Crippen LogP contribution >= 0.6 is 0 Å². The van der Waals surface area contributed by atoms with Crippen LogP contribution in [0.5, 0.6) is 5.75 Å². The molecule has 0 aromatic heterocycles.